The van der Waals surface area contributed by atoms with E-state index in [1.165, 1.54) is 33.4 Å². The van der Waals surface area contributed by atoms with Crippen molar-refractivity contribution in [3.8, 4) is 11.5 Å². The molecule has 1 heteroatoms. The van der Waals surface area contributed by atoms with Crippen LogP contribution >= 0.6 is 0 Å². The summed E-state index contributed by atoms with van der Waals surface area (Å²) in [4.78, 5) is 0. The Morgan fingerprint density at radius 2 is 1.19 bits per heavy atom. The maximum atomic E-state index is 6.32. The average Bonchev–Trinajstić information content (AvgIpc) is 3.00. The summed E-state index contributed by atoms with van der Waals surface area (Å²) in [5, 5.41) is 0. The van der Waals surface area contributed by atoms with Gasteiger partial charge in [-0.3, -0.25) is 0 Å². The Morgan fingerprint density at radius 1 is 0.615 bits per heavy atom. The van der Waals surface area contributed by atoms with Crippen molar-refractivity contribution in [1.29, 1.82) is 0 Å². The van der Waals surface area contributed by atoms with Crippen LogP contribution in [0.2, 0.25) is 0 Å². The summed E-state index contributed by atoms with van der Waals surface area (Å²) in [5.41, 5.74) is 8.12. The van der Waals surface area contributed by atoms with Gasteiger partial charge in [0.05, 0.1) is 5.41 Å². The third kappa shape index (κ3) is 1.56. The van der Waals surface area contributed by atoms with Crippen molar-refractivity contribution >= 4 is 5.57 Å². The van der Waals surface area contributed by atoms with Crippen LogP contribution in [-0.2, 0) is 5.41 Å². The molecule has 1 nitrogen and oxygen atoms in total. The van der Waals surface area contributed by atoms with Crippen molar-refractivity contribution in [3.05, 3.63) is 113 Å². The lowest BCUT2D eigenvalue weighted by atomic mass is 9.64. The number of para-hydroxylation sites is 2. The van der Waals surface area contributed by atoms with Gasteiger partial charge in [-0.1, -0.05) is 72.8 Å². The van der Waals surface area contributed by atoms with Crippen molar-refractivity contribution in [1.82, 2.24) is 0 Å². The number of hydrogen-bond donors (Lipinski definition) is 0. The first kappa shape index (κ1) is 14.1. The smallest absolute Gasteiger partial charge is 0.132 e. The van der Waals surface area contributed by atoms with E-state index in [2.05, 4.69) is 84.9 Å². The monoisotopic (exact) mass is 334 g/mol. The molecule has 3 aromatic carbocycles. The van der Waals surface area contributed by atoms with Gasteiger partial charge in [0.15, 0.2) is 0 Å². The molecule has 0 amide bonds. The fraction of sp³-hybridized carbons (Fsp3) is 0.120. The first-order valence-electron chi connectivity index (χ1n) is 9.25. The van der Waals surface area contributed by atoms with Gasteiger partial charge < -0.3 is 4.74 Å². The molecule has 3 aromatic rings. The van der Waals surface area contributed by atoms with E-state index in [1.54, 1.807) is 0 Å². The molecule has 2 aliphatic carbocycles. The first-order valence-corrected chi connectivity index (χ1v) is 9.25. The quantitative estimate of drug-likeness (QED) is 0.442. The van der Waals surface area contributed by atoms with Gasteiger partial charge in [0, 0.05) is 11.1 Å². The van der Waals surface area contributed by atoms with E-state index in [0.717, 1.165) is 24.3 Å². The second-order valence-corrected chi connectivity index (χ2v) is 7.23. The molecule has 0 atom stereocenters. The molecule has 0 N–H and O–H groups in total. The van der Waals surface area contributed by atoms with E-state index in [0.29, 0.717) is 0 Å². The van der Waals surface area contributed by atoms with E-state index in [9.17, 15) is 0 Å². The Hall–Kier alpha value is -3.06. The van der Waals surface area contributed by atoms with Crippen LogP contribution in [0.25, 0.3) is 5.57 Å². The van der Waals surface area contributed by atoms with E-state index in [-0.39, 0.29) is 5.41 Å². The molecule has 1 aliphatic heterocycles. The standard InChI is InChI=1S/C25H18O/c1-3-11-19-17(9-1)18-10-2-4-12-20(18)25(19)21-13-5-7-15-23(21)26-24-16-8-6-14-22(24)25/h1-9,11,13-16H,10,12H2. The topological polar surface area (TPSA) is 9.23 Å². The Bertz CT molecular complexity index is 1070. The molecule has 0 saturated carbocycles. The van der Waals surface area contributed by atoms with Gasteiger partial charge in [-0.25, -0.2) is 0 Å². The number of ether oxygens (including phenoxy) is 1. The van der Waals surface area contributed by atoms with Crippen LogP contribution in [0.5, 0.6) is 11.5 Å². The van der Waals surface area contributed by atoms with Gasteiger partial charge in [0.2, 0.25) is 0 Å². The zero-order valence-corrected chi connectivity index (χ0v) is 14.4. The zero-order chi connectivity index (χ0) is 17.1. The van der Waals surface area contributed by atoms with Gasteiger partial charge in [0.1, 0.15) is 11.5 Å². The number of hydrogen-bond acceptors (Lipinski definition) is 1. The van der Waals surface area contributed by atoms with Gasteiger partial charge in [-0.15, -0.1) is 0 Å². The van der Waals surface area contributed by atoms with Crippen molar-refractivity contribution in [3.63, 3.8) is 0 Å². The lowest BCUT2D eigenvalue weighted by Crippen LogP contribution is -2.33. The molecule has 0 saturated heterocycles. The summed E-state index contributed by atoms with van der Waals surface area (Å²) in [7, 11) is 0. The second kappa shape index (κ2) is 4.98. The lowest BCUT2D eigenvalue weighted by molar-refractivity contribution is 0.433. The number of fused-ring (bicyclic) bond motifs is 8. The van der Waals surface area contributed by atoms with Crippen LogP contribution in [0, 0.1) is 0 Å². The molecule has 1 spiro atoms. The molecule has 1 heterocycles. The van der Waals surface area contributed by atoms with Crippen molar-refractivity contribution in [2.24, 2.45) is 0 Å². The maximum absolute atomic E-state index is 6.32. The predicted molar refractivity (Wildman–Crippen MR) is 105 cm³/mol. The molecule has 0 aromatic heterocycles. The Kier molecular flexibility index (Phi) is 2.71. The molecule has 26 heavy (non-hydrogen) atoms. The van der Waals surface area contributed by atoms with Gasteiger partial charge in [-0.05, 0) is 47.2 Å². The molecule has 3 aliphatic rings. The molecule has 0 fully saturated rings. The van der Waals surface area contributed by atoms with Crippen LogP contribution in [0.3, 0.4) is 0 Å². The van der Waals surface area contributed by atoms with E-state index >= 15 is 0 Å². The number of rotatable bonds is 0. The number of allylic oxidation sites excluding steroid dienone is 4. The highest BCUT2D eigenvalue weighted by atomic mass is 16.5. The molecular weight excluding hydrogens is 316 g/mol. The van der Waals surface area contributed by atoms with Crippen molar-refractivity contribution in [2.45, 2.75) is 18.3 Å². The Morgan fingerprint density at radius 3 is 1.92 bits per heavy atom. The third-order valence-electron chi connectivity index (χ3n) is 6.09. The minimum atomic E-state index is -0.234. The van der Waals surface area contributed by atoms with E-state index < -0.39 is 0 Å². The van der Waals surface area contributed by atoms with Gasteiger partial charge in [0.25, 0.3) is 0 Å². The highest BCUT2D eigenvalue weighted by molar-refractivity contribution is 5.88. The maximum Gasteiger partial charge on any atom is 0.132 e. The number of benzene rings is 3. The van der Waals surface area contributed by atoms with Crippen LogP contribution in [0.4, 0.5) is 0 Å². The first-order chi connectivity index (χ1) is 12.9. The minimum Gasteiger partial charge on any atom is -0.457 e. The van der Waals surface area contributed by atoms with E-state index in [1.807, 2.05) is 0 Å². The summed E-state index contributed by atoms with van der Waals surface area (Å²) in [6.07, 6.45) is 6.64. The largest absolute Gasteiger partial charge is 0.457 e. The SMILES string of the molecule is C1=CCC2=C(C1)c1ccccc1C21c2ccccc2Oc2ccccc21. The van der Waals surface area contributed by atoms with Crippen molar-refractivity contribution < 1.29 is 4.74 Å². The van der Waals surface area contributed by atoms with Crippen LogP contribution in [0.1, 0.15) is 35.1 Å². The summed E-state index contributed by atoms with van der Waals surface area (Å²) in [5.74, 6) is 1.95. The molecule has 0 bridgehead atoms. The fourth-order valence-electron chi connectivity index (χ4n) is 5.15. The zero-order valence-electron chi connectivity index (χ0n) is 14.4. The summed E-state index contributed by atoms with van der Waals surface area (Å²) in [6.45, 7) is 0. The Labute approximate surface area is 153 Å². The molecule has 0 radical (unpaired) electrons. The fourth-order valence-corrected chi connectivity index (χ4v) is 5.15. The highest BCUT2D eigenvalue weighted by Gasteiger charge is 2.51. The van der Waals surface area contributed by atoms with Crippen molar-refractivity contribution in [2.75, 3.05) is 0 Å². The summed E-state index contributed by atoms with van der Waals surface area (Å²) in [6, 6.07) is 26.0. The molecular formula is C25H18O. The Balaban J connectivity index is 1.81. The normalized spacial score (nSPS) is 18.0. The van der Waals surface area contributed by atoms with Crippen LogP contribution in [0.15, 0.2) is 90.5 Å². The van der Waals surface area contributed by atoms with Crippen LogP contribution < -0.4 is 4.74 Å². The third-order valence-corrected chi connectivity index (χ3v) is 6.09. The van der Waals surface area contributed by atoms with E-state index in [4.69, 9.17) is 4.74 Å². The van der Waals surface area contributed by atoms with Crippen LogP contribution in [-0.4, -0.2) is 0 Å². The summed E-state index contributed by atoms with van der Waals surface area (Å²) < 4.78 is 6.32. The predicted octanol–water partition coefficient (Wildman–Crippen LogP) is 6.24. The van der Waals surface area contributed by atoms with Gasteiger partial charge in [-0.2, -0.15) is 0 Å². The van der Waals surface area contributed by atoms with Gasteiger partial charge >= 0.3 is 0 Å². The molecule has 0 unspecified atom stereocenters. The minimum absolute atomic E-state index is 0.234. The summed E-state index contributed by atoms with van der Waals surface area (Å²) >= 11 is 0. The average molecular weight is 334 g/mol. The second-order valence-electron chi connectivity index (χ2n) is 7.23. The molecule has 124 valence electrons. The lowest BCUT2D eigenvalue weighted by Gasteiger charge is -2.41. The highest BCUT2D eigenvalue weighted by Crippen LogP contribution is 2.62. The molecule has 6 rings (SSSR count).